The maximum Gasteiger partial charge on any atom is 0.349 e. The molecule has 0 aliphatic heterocycles. The van der Waals surface area contributed by atoms with Crippen LogP contribution >= 0.6 is 12.2 Å². The fourth-order valence-corrected chi connectivity index (χ4v) is 3.76. The molecule has 170 valence electrons. The van der Waals surface area contributed by atoms with Crippen molar-refractivity contribution >= 4 is 45.2 Å². The Morgan fingerprint density at radius 3 is 2.45 bits per heavy atom. The third-order valence-electron chi connectivity index (χ3n) is 5.15. The molecule has 9 nitrogen and oxygen atoms in total. The molecular weight excluding hydrogens is 446 g/mol. The first-order valence-electron chi connectivity index (χ1n) is 9.92. The molecule has 0 bridgehead atoms. The predicted octanol–water partition coefficient (Wildman–Crippen LogP) is 3.17. The van der Waals surface area contributed by atoms with Crippen molar-refractivity contribution in [3.63, 3.8) is 0 Å². The van der Waals surface area contributed by atoms with E-state index >= 15 is 0 Å². The van der Waals surface area contributed by atoms with Crippen molar-refractivity contribution in [1.29, 1.82) is 0 Å². The summed E-state index contributed by atoms with van der Waals surface area (Å²) in [7, 11) is 2.92. The van der Waals surface area contributed by atoms with Crippen LogP contribution in [0.4, 0.5) is 0 Å². The number of furan rings is 1. The first kappa shape index (κ1) is 22.2. The summed E-state index contributed by atoms with van der Waals surface area (Å²) in [6, 6.07) is 11.3. The number of rotatable bonds is 5. The van der Waals surface area contributed by atoms with Crippen molar-refractivity contribution in [2.75, 3.05) is 14.2 Å². The monoisotopic (exact) mass is 467 g/mol. The first-order valence-corrected chi connectivity index (χ1v) is 10.3. The highest BCUT2D eigenvalue weighted by Crippen LogP contribution is 2.44. The molecule has 3 N–H and O–H groups in total. The SMILES string of the molecule is COc1c2occc2c(OC)c2c(C)c(C(=O)NNC(=S)NCc3ccccc3)c(=O)oc12. The summed E-state index contributed by atoms with van der Waals surface area (Å²) in [4.78, 5) is 25.6. The second-order valence-electron chi connectivity index (χ2n) is 7.07. The number of hydrazine groups is 1. The number of carbonyl (C=O) groups excluding carboxylic acids is 1. The topological polar surface area (TPSA) is 115 Å². The van der Waals surface area contributed by atoms with Crippen LogP contribution in [0.2, 0.25) is 0 Å². The van der Waals surface area contributed by atoms with Crippen LogP contribution in [-0.2, 0) is 6.54 Å². The minimum atomic E-state index is -0.839. The van der Waals surface area contributed by atoms with E-state index in [1.165, 1.54) is 20.5 Å². The van der Waals surface area contributed by atoms with Crippen LogP contribution in [0.25, 0.3) is 21.9 Å². The van der Waals surface area contributed by atoms with Crippen LogP contribution in [0.3, 0.4) is 0 Å². The fourth-order valence-electron chi connectivity index (χ4n) is 3.64. The third-order valence-corrected chi connectivity index (χ3v) is 5.39. The minimum absolute atomic E-state index is 0.129. The molecule has 2 aromatic carbocycles. The quantitative estimate of drug-likeness (QED) is 0.231. The van der Waals surface area contributed by atoms with E-state index in [0.29, 0.717) is 34.2 Å². The van der Waals surface area contributed by atoms with Gasteiger partial charge in [-0.15, -0.1) is 0 Å². The fraction of sp³-hybridized carbons (Fsp3) is 0.174. The molecule has 4 aromatic rings. The van der Waals surface area contributed by atoms with Gasteiger partial charge in [0.15, 0.2) is 16.3 Å². The average molecular weight is 468 g/mol. The number of fused-ring (bicyclic) bond motifs is 2. The van der Waals surface area contributed by atoms with Crippen LogP contribution in [0.15, 0.2) is 56.3 Å². The van der Waals surface area contributed by atoms with E-state index in [2.05, 4.69) is 16.2 Å². The summed E-state index contributed by atoms with van der Waals surface area (Å²) in [6.45, 7) is 2.10. The van der Waals surface area contributed by atoms with Crippen molar-refractivity contribution in [2.45, 2.75) is 13.5 Å². The normalized spacial score (nSPS) is 10.8. The van der Waals surface area contributed by atoms with E-state index in [1.807, 2.05) is 30.3 Å². The Kier molecular flexibility index (Phi) is 6.18. The summed E-state index contributed by atoms with van der Waals surface area (Å²) < 4.78 is 22.0. The highest BCUT2D eigenvalue weighted by atomic mass is 32.1. The largest absolute Gasteiger partial charge is 0.495 e. The molecule has 0 unspecified atom stereocenters. The molecule has 0 atom stereocenters. The molecule has 0 radical (unpaired) electrons. The number of methoxy groups -OCH3 is 2. The standard InChI is InChI=1S/C23H21N3O6S/c1-12-15-17(29-2)14-9-10-31-18(14)20(30-3)19(15)32-22(28)16(12)21(27)25-26-23(33)24-11-13-7-5-4-6-8-13/h4-10H,11H2,1-3H3,(H,25,27)(H2,24,26,33). The number of nitrogens with one attached hydrogen (secondary N) is 3. The molecule has 2 heterocycles. The lowest BCUT2D eigenvalue weighted by molar-refractivity contribution is 0.0939. The van der Waals surface area contributed by atoms with Crippen LogP contribution in [0, 0.1) is 6.92 Å². The van der Waals surface area contributed by atoms with Gasteiger partial charge >= 0.3 is 5.63 Å². The lowest BCUT2D eigenvalue weighted by Gasteiger charge is -2.15. The van der Waals surface area contributed by atoms with Crippen LogP contribution in [-0.4, -0.2) is 25.2 Å². The molecular formula is C23H21N3O6S. The number of hydrogen-bond donors (Lipinski definition) is 3. The van der Waals surface area contributed by atoms with Gasteiger partial charge in [-0.25, -0.2) is 4.79 Å². The lowest BCUT2D eigenvalue weighted by atomic mass is 10.0. The average Bonchev–Trinajstić information content (AvgIpc) is 3.30. The van der Waals surface area contributed by atoms with Crippen LogP contribution in [0.5, 0.6) is 11.5 Å². The Hall–Kier alpha value is -4.05. The minimum Gasteiger partial charge on any atom is -0.495 e. The Bertz CT molecular complexity index is 1410. The van der Waals surface area contributed by atoms with Gasteiger partial charge in [-0.2, -0.15) is 0 Å². The number of carbonyl (C=O) groups is 1. The van der Waals surface area contributed by atoms with Gasteiger partial charge in [0.05, 0.1) is 31.3 Å². The Labute approximate surface area is 193 Å². The highest BCUT2D eigenvalue weighted by molar-refractivity contribution is 7.80. The van der Waals surface area contributed by atoms with Gasteiger partial charge in [0.2, 0.25) is 5.75 Å². The van der Waals surface area contributed by atoms with Gasteiger partial charge in [-0.05, 0) is 36.3 Å². The molecule has 0 saturated heterocycles. The molecule has 2 aromatic heterocycles. The van der Waals surface area contributed by atoms with E-state index in [-0.39, 0.29) is 22.0 Å². The summed E-state index contributed by atoms with van der Waals surface area (Å²) in [5.41, 5.74) is 5.89. The maximum atomic E-state index is 12.9. The molecule has 0 saturated carbocycles. The Morgan fingerprint density at radius 1 is 1.03 bits per heavy atom. The number of ether oxygens (including phenoxy) is 2. The number of amides is 1. The zero-order valence-corrected chi connectivity index (χ0v) is 18.9. The predicted molar refractivity (Wildman–Crippen MR) is 127 cm³/mol. The molecule has 0 fully saturated rings. The molecule has 1 amide bonds. The smallest absolute Gasteiger partial charge is 0.349 e. The number of aryl methyl sites for hydroxylation is 1. The second kappa shape index (κ2) is 9.21. The number of benzene rings is 2. The molecule has 0 aliphatic rings. The van der Waals surface area contributed by atoms with E-state index in [1.54, 1.807) is 13.0 Å². The van der Waals surface area contributed by atoms with Crippen LogP contribution in [0.1, 0.15) is 21.5 Å². The zero-order valence-electron chi connectivity index (χ0n) is 18.1. The van der Waals surface area contributed by atoms with E-state index in [0.717, 1.165) is 5.56 Å². The summed E-state index contributed by atoms with van der Waals surface area (Å²) in [6.07, 6.45) is 1.48. The molecule has 4 rings (SSSR count). The molecule has 10 heteroatoms. The maximum absolute atomic E-state index is 12.9. The summed E-state index contributed by atoms with van der Waals surface area (Å²) in [5, 5.41) is 4.21. The molecule has 0 aliphatic carbocycles. The lowest BCUT2D eigenvalue weighted by Crippen LogP contribution is -2.47. The molecule has 33 heavy (non-hydrogen) atoms. The van der Waals surface area contributed by atoms with Crippen molar-refractivity contribution in [3.05, 3.63) is 69.8 Å². The summed E-state index contributed by atoms with van der Waals surface area (Å²) >= 11 is 5.19. The van der Waals surface area contributed by atoms with Gasteiger partial charge in [-0.3, -0.25) is 15.6 Å². The zero-order chi connectivity index (χ0) is 23.5. The van der Waals surface area contributed by atoms with E-state index < -0.39 is 11.5 Å². The van der Waals surface area contributed by atoms with Gasteiger partial charge in [0, 0.05) is 6.54 Å². The van der Waals surface area contributed by atoms with Gasteiger partial charge in [-0.1, -0.05) is 30.3 Å². The summed E-state index contributed by atoms with van der Waals surface area (Å²) in [5.74, 6) is -0.0689. The first-order chi connectivity index (χ1) is 16.0. The third kappa shape index (κ3) is 4.08. The highest BCUT2D eigenvalue weighted by Gasteiger charge is 2.26. The molecule has 0 spiro atoms. The van der Waals surface area contributed by atoms with Crippen molar-refractivity contribution < 1.29 is 23.1 Å². The second-order valence-corrected chi connectivity index (χ2v) is 7.48. The van der Waals surface area contributed by atoms with Gasteiger partial charge < -0.3 is 23.6 Å². The van der Waals surface area contributed by atoms with E-state index in [9.17, 15) is 9.59 Å². The number of hydrogen-bond acceptors (Lipinski definition) is 7. The van der Waals surface area contributed by atoms with Crippen molar-refractivity contribution in [3.8, 4) is 11.5 Å². The Morgan fingerprint density at radius 2 is 1.76 bits per heavy atom. The Balaban J connectivity index is 1.63. The van der Waals surface area contributed by atoms with Crippen LogP contribution < -0.4 is 31.3 Å². The number of thiocarbonyl (C=S) groups is 1. The van der Waals surface area contributed by atoms with Crippen molar-refractivity contribution in [2.24, 2.45) is 0 Å². The van der Waals surface area contributed by atoms with Gasteiger partial charge in [0.1, 0.15) is 11.3 Å². The van der Waals surface area contributed by atoms with Gasteiger partial charge in [0.25, 0.3) is 5.91 Å². The van der Waals surface area contributed by atoms with Crippen molar-refractivity contribution in [1.82, 2.24) is 16.2 Å². The van der Waals surface area contributed by atoms with E-state index in [4.69, 9.17) is 30.5 Å².